The Kier molecular flexibility index (Phi) is 21.4. The summed E-state index contributed by atoms with van der Waals surface area (Å²) in [5.41, 5.74) is -12.4. The third kappa shape index (κ3) is 12.1. The average Bonchev–Trinajstić information content (AvgIpc) is 1.55. The number of benzene rings is 3. The van der Waals surface area contributed by atoms with Crippen LogP contribution in [0.25, 0.3) is 33.3 Å². The summed E-state index contributed by atoms with van der Waals surface area (Å²) < 4.78 is 127. The summed E-state index contributed by atoms with van der Waals surface area (Å²) in [6.45, 7) is 13.6. The topological polar surface area (TPSA) is 333 Å². The molecule has 0 amide bonds. The number of alkyl halides is 6. The first kappa shape index (κ1) is 88.1. The van der Waals surface area contributed by atoms with Crippen molar-refractivity contribution in [2.75, 3.05) is 68.9 Å². The Labute approximate surface area is 727 Å². The predicted octanol–water partition coefficient (Wildman–Crippen LogP) is 13.2. The molecular weight excluding hydrogens is 1670 g/mol. The maximum absolute atomic E-state index is 17.6. The van der Waals surface area contributed by atoms with Crippen molar-refractivity contribution in [3.63, 3.8) is 0 Å². The van der Waals surface area contributed by atoms with Crippen molar-refractivity contribution in [1.29, 1.82) is 0 Å². The maximum Gasteiger partial charge on any atom is 0.303 e. The van der Waals surface area contributed by atoms with Gasteiger partial charge in [0.25, 0.3) is 17.4 Å². The first-order valence-electron chi connectivity index (χ1n) is 42.9. The van der Waals surface area contributed by atoms with Crippen molar-refractivity contribution < 1.29 is 108 Å². The van der Waals surface area contributed by atoms with E-state index in [-0.39, 0.29) is 145 Å². The number of oxazole rings is 3. The molecule has 0 radical (unpaired) electrons. The van der Waals surface area contributed by atoms with Crippen LogP contribution in [0.3, 0.4) is 0 Å². The zero-order valence-corrected chi connectivity index (χ0v) is 72.0. The third-order valence-corrected chi connectivity index (χ3v) is 34.4. The first-order valence-corrected chi connectivity index (χ1v) is 43.3. The lowest BCUT2D eigenvalue weighted by Crippen LogP contribution is -2.69. The van der Waals surface area contributed by atoms with E-state index in [0.29, 0.717) is 79.7 Å². The SMILES string of the molecule is CC(=O)OCC(=O)[C@@]12CN(c3nc4ccccc4o3)C[C@@H]1C[C@H]1[C@@H]3C[C@H](F)C4=CC(=O)C=C[C@]4(C)[C@@]3(F)[C@@H](O)C[C@@]12C.CC(=O)OCC(=O)[C@@]12CNC[C@@H]1C[C@H]1[C@@H]3C[C@H](F)C4=CC(=O)C=C[C@]4(C)[C@@]3(F)[C@@H](O)C[C@@]12C.C[C@]12C=CC(=O)C=C1[C@@H](F)C[C@H]1[C@@H]3C[C@H]4CN(c5nc6ccccc6o5)C[C@@]4(C(=O)CO)[C@@]3(C)C[C@H](O)[C@@]12F.Cl.Clc1nc2ccccc2o1. The quantitative estimate of drug-likeness (QED) is 0.0628. The van der Waals surface area contributed by atoms with Gasteiger partial charge in [-0.3, -0.25) is 38.4 Å². The fourth-order valence-electron chi connectivity index (χ4n) is 28.6. The molecule has 6 heterocycles. The minimum atomic E-state index is -2.23. The van der Waals surface area contributed by atoms with E-state index < -0.39 is 163 Å². The van der Waals surface area contributed by atoms with Crippen LogP contribution in [-0.2, 0) is 47.8 Å². The highest BCUT2D eigenvalue weighted by Gasteiger charge is 2.82. The molecule has 5 N–H and O–H groups in total. The lowest BCUT2D eigenvalue weighted by atomic mass is 9.43. The number of hydrogen-bond donors (Lipinski definition) is 5. The number of anilines is 2. The molecule has 0 spiro atoms. The molecule has 3 aliphatic heterocycles. The van der Waals surface area contributed by atoms with E-state index in [9.17, 15) is 58.8 Å². The van der Waals surface area contributed by atoms with Gasteiger partial charge in [0.2, 0.25) is 0 Å². The Balaban J connectivity index is 0.000000125. The number of halogens is 8. The number of para-hydroxylation sites is 6. The molecule has 15 aliphatic rings. The number of hydrogen-bond acceptors (Lipinski definition) is 23. The van der Waals surface area contributed by atoms with E-state index in [2.05, 4.69) is 20.3 Å². The van der Waals surface area contributed by atoms with Crippen molar-refractivity contribution in [3.05, 3.63) is 150 Å². The first-order chi connectivity index (χ1) is 58.6. The Morgan fingerprint density at radius 1 is 0.488 bits per heavy atom. The molecule has 12 fully saturated rings. The highest BCUT2D eigenvalue weighted by molar-refractivity contribution is 6.28. The van der Waals surface area contributed by atoms with Crippen molar-refractivity contribution in [2.24, 2.45) is 102 Å². The predicted molar refractivity (Wildman–Crippen MR) is 447 cm³/mol. The number of rotatable bonds is 10. The van der Waals surface area contributed by atoms with Gasteiger partial charge in [0.15, 0.2) is 81.7 Å². The molecule has 27 atom stereocenters. The smallest absolute Gasteiger partial charge is 0.303 e. The van der Waals surface area contributed by atoms with Crippen molar-refractivity contribution in [1.82, 2.24) is 20.3 Å². The van der Waals surface area contributed by atoms with E-state index >= 15 is 26.3 Å². The van der Waals surface area contributed by atoms with Crippen LogP contribution in [0.1, 0.15) is 113 Å². The van der Waals surface area contributed by atoms with E-state index in [1.165, 1.54) is 68.5 Å². The third-order valence-electron chi connectivity index (χ3n) is 34.2. The second-order valence-electron chi connectivity index (χ2n) is 39.0. The monoisotopic (exact) mass is 1770 g/mol. The lowest BCUT2D eigenvalue weighted by molar-refractivity contribution is -0.211. The molecule has 6 aromatic rings. The maximum atomic E-state index is 17.6. The van der Waals surface area contributed by atoms with Gasteiger partial charge in [0, 0.05) is 80.6 Å². The largest absolute Gasteiger partial charge is 0.458 e. The Morgan fingerprint density at radius 2 is 0.824 bits per heavy atom. The van der Waals surface area contributed by atoms with Gasteiger partial charge in [-0.25, -0.2) is 26.3 Å². The van der Waals surface area contributed by atoms with Gasteiger partial charge >= 0.3 is 11.9 Å². The Bertz CT molecular complexity index is 5600. The Morgan fingerprint density at radius 3 is 1.18 bits per heavy atom. The molecular formula is C94H102Cl2F6N6O17. The fourth-order valence-corrected chi connectivity index (χ4v) is 28.8. The number of esters is 2. The fraction of sp³-hybridized carbons (Fsp3) is 0.564. The van der Waals surface area contributed by atoms with Crippen LogP contribution in [0.4, 0.5) is 38.4 Å². The van der Waals surface area contributed by atoms with Crippen LogP contribution >= 0.6 is 24.0 Å². The van der Waals surface area contributed by atoms with E-state index in [1.54, 1.807) is 20.8 Å². The molecule has 12 aliphatic carbocycles. The van der Waals surface area contributed by atoms with Crippen molar-refractivity contribution >= 4 is 116 Å². The van der Waals surface area contributed by atoms with Gasteiger partial charge < -0.3 is 58.3 Å². The highest BCUT2D eigenvalue weighted by Crippen LogP contribution is 2.79. The molecule has 3 saturated heterocycles. The number of aromatic nitrogens is 3. The number of ketones is 6. The number of nitrogens with zero attached hydrogens (tertiary/aromatic N) is 5. The molecule has 31 heteroatoms. The van der Waals surface area contributed by atoms with Crippen molar-refractivity contribution in [3.8, 4) is 0 Å². The molecule has 0 unspecified atom stereocenters. The minimum Gasteiger partial charge on any atom is -0.458 e. The summed E-state index contributed by atoms with van der Waals surface area (Å²) >= 11 is 5.51. The van der Waals surface area contributed by atoms with E-state index in [4.69, 9.17) is 34.3 Å². The molecule has 666 valence electrons. The lowest BCUT2D eigenvalue weighted by Gasteiger charge is -2.63. The summed E-state index contributed by atoms with van der Waals surface area (Å²) in [5, 5.41) is 48.5. The molecule has 21 rings (SSSR count). The van der Waals surface area contributed by atoms with E-state index in [1.807, 2.05) is 103 Å². The highest BCUT2D eigenvalue weighted by atomic mass is 35.5. The van der Waals surface area contributed by atoms with Gasteiger partial charge in [0.05, 0.1) is 34.6 Å². The van der Waals surface area contributed by atoms with Crippen LogP contribution in [0.5, 0.6) is 0 Å². The second kappa shape index (κ2) is 30.3. The van der Waals surface area contributed by atoms with Gasteiger partial charge in [0.1, 0.15) is 41.7 Å². The van der Waals surface area contributed by atoms with Gasteiger partial charge in [-0.1, -0.05) is 75.4 Å². The number of nitrogens with one attached hydrogen (secondary N) is 1. The van der Waals surface area contributed by atoms with Crippen LogP contribution in [0.15, 0.2) is 157 Å². The molecule has 0 bridgehead atoms. The summed E-state index contributed by atoms with van der Waals surface area (Å²) in [6, 6.07) is 22.9. The number of aliphatic hydroxyl groups excluding tert-OH is 4. The summed E-state index contributed by atoms with van der Waals surface area (Å²) in [4.78, 5) is 118. The number of allylic oxidation sites excluding steroid dienone is 12. The standard InChI is InChI=1S/C32H34F2N2O6.C30H32F2N2O5.C25H31F2NO5.C7H4ClNO.ClH/c1-17(37)41-15-27(40)31-16-36(28-35-24-6-4-5-7-25(24)42-28)14-18(31)10-20-21-12-23(33)22-11-19(38)8-9-29(22,2)32(21,34)26(39)13-30(20,31)3;1-27-8-7-17(36)10-20(27)21(31)11-19-18-9-16-13-34(26-33-22-5-3-4-6-23(22)39-26)15-29(16,25(38)14-35)28(18,2)12-24(37)30(19,27)32;1-13(29)33-11-21(32)24-12-28-10-14(24)6-16-17-8-19(26)18-7-15(30)4-5-22(18,2)25(17,27)20(31)9-23(16,24)3;8-7-9-5-3-1-2-4-6(5)10-7;/h4-9,11,18,20-21,23,26,39H,10,12-16H2,1-3H3;3-8,10,16,18-19,21,24,35,37H,9,11-15H2,1-2H3;4-5,7,14,16-17,19-20,28,31H,6,8-12H2,1-3H3;1-4H;1H/t18-,20-,21-,23-,26-,29-,30-,31+,32-;16-,18-,19-,21-,24-,27-,28-,29+,30-;14-,16-,17-,19-,20-,22-,23-,24+,25-;;/m000../s1. The van der Waals surface area contributed by atoms with Crippen LogP contribution in [-0.4, -0.2) is 195 Å². The zero-order chi connectivity index (χ0) is 88.3. The van der Waals surface area contributed by atoms with Crippen molar-refractivity contribution in [2.45, 2.75) is 167 Å². The number of Topliss-reactive ketones (excluding diaryl/α,β-unsaturated/α-hetero) is 3. The minimum absolute atomic E-state index is 0. The zero-order valence-electron chi connectivity index (χ0n) is 70.4. The second-order valence-corrected chi connectivity index (χ2v) is 39.4. The average molecular weight is 1770 g/mol. The molecule has 3 aromatic carbocycles. The molecule has 9 saturated carbocycles. The number of carbonyl (C=O) groups excluding carboxylic acids is 8. The van der Waals surface area contributed by atoms with Gasteiger partial charge in [-0.05, 0) is 238 Å². The molecule has 125 heavy (non-hydrogen) atoms. The summed E-state index contributed by atoms with van der Waals surface area (Å²) in [6.07, 6.45) is 3.41. The summed E-state index contributed by atoms with van der Waals surface area (Å²) in [7, 11) is 0. The van der Waals surface area contributed by atoms with Crippen LogP contribution in [0, 0.1) is 102 Å². The molecule has 3 aromatic heterocycles. The van der Waals surface area contributed by atoms with Gasteiger partial charge in [-0.15, -0.1) is 12.4 Å². The van der Waals surface area contributed by atoms with E-state index in [0.717, 1.165) is 11.1 Å². The number of fused-ring (bicyclic) bond motifs is 24. The number of aliphatic hydroxyl groups is 4. The van der Waals surface area contributed by atoms with Gasteiger partial charge in [-0.2, -0.15) is 15.0 Å². The number of carbonyl (C=O) groups is 8. The van der Waals surface area contributed by atoms with Crippen LogP contribution < -0.4 is 15.1 Å². The summed E-state index contributed by atoms with van der Waals surface area (Å²) in [5.74, 6) is -7.60. The normalized spacial score (nSPS) is 42.1. The number of ether oxygens (including phenoxy) is 2. The molecule has 23 nitrogen and oxygen atoms in total. The van der Waals surface area contributed by atoms with Crippen LogP contribution in [0.2, 0.25) is 5.35 Å². The Hall–Kier alpha value is -8.97.